The van der Waals surface area contributed by atoms with E-state index in [1.165, 1.54) is 0 Å². The Kier molecular flexibility index (Phi) is 4.11. The van der Waals surface area contributed by atoms with Crippen molar-refractivity contribution in [2.75, 3.05) is 32.7 Å². The summed E-state index contributed by atoms with van der Waals surface area (Å²) in [5.41, 5.74) is 2.20. The number of pyridine rings is 1. The number of amides is 2. The van der Waals surface area contributed by atoms with Crippen LogP contribution in [0.15, 0.2) is 10.9 Å². The average Bonchev–Trinajstić information content (AvgIpc) is 2.64. The van der Waals surface area contributed by atoms with Crippen LogP contribution in [0.25, 0.3) is 0 Å². The van der Waals surface area contributed by atoms with Gasteiger partial charge in [-0.05, 0) is 37.3 Å². The zero-order valence-electron chi connectivity index (χ0n) is 14.6. The molecule has 2 amide bonds. The molecule has 1 aliphatic carbocycles. The number of nitrogens with one attached hydrogen (secondary N) is 1. The van der Waals surface area contributed by atoms with Gasteiger partial charge in [0.25, 0.3) is 11.5 Å². The van der Waals surface area contributed by atoms with Crippen molar-refractivity contribution in [3.63, 3.8) is 0 Å². The minimum Gasteiger partial charge on any atom is -0.353 e. The molecule has 25 heavy (non-hydrogen) atoms. The van der Waals surface area contributed by atoms with Gasteiger partial charge in [-0.2, -0.15) is 0 Å². The predicted octanol–water partition coefficient (Wildman–Crippen LogP) is -0.480. The first-order chi connectivity index (χ1) is 12.1. The smallest absolute Gasteiger partial charge is 0.263 e. The van der Waals surface area contributed by atoms with E-state index in [1.54, 1.807) is 22.6 Å². The molecule has 7 nitrogen and oxygen atoms in total. The number of carbonyl (C=O) groups is 2. The van der Waals surface area contributed by atoms with E-state index in [0.29, 0.717) is 26.2 Å². The molecular weight excluding hydrogens is 320 g/mol. The van der Waals surface area contributed by atoms with E-state index in [2.05, 4.69) is 10.2 Å². The third kappa shape index (κ3) is 2.76. The largest absolute Gasteiger partial charge is 0.353 e. The Morgan fingerprint density at radius 2 is 1.96 bits per heavy atom. The molecule has 0 spiro atoms. The van der Waals surface area contributed by atoms with Crippen LogP contribution in [-0.2, 0) is 24.7 Å². The number of hydrogen-bond acceptors (Lipinski definition) is 4. The van der Waals surface area contributed by atoms with E-state index in [9.17, 15) is 14.4 Å². The molecule has 0 radical (unpaired) electrons. The number of hydrogen-bond donors (Lipinski definition) is 1. The van der Waals surface area contributed by atoms with Crippen molar-refractivity contribution in [2.45, 2.75) is 31.7 Å². The lowest BCUT2D eigenvalue weighted by atomic mass is 9.94. The molecule has 0 unspecified atom stereocenters. The van der Waals surface area contributed by atoms with Crippen LogP contribution in [0.2, 0.25) is 0 Å². The van der Waals surface area contributed by atoms with Gasteiger partial charge in [0.2, 0.25) is 5.91 Å². The second-order valence-corrected chi connectivity index (χ2v) is 7.20. The van der Waals surface area contributed by atoms with Crippen LogP contribution in [0, 0.1) is 0 Å². The fourth-order valence-electron chi connectivity index (χ4n) is 4.28. The molecule has 0 aromatic carbocycles. The van der Waals surface area contributed by atoms with E-state index >= 15 is 0 Å². The van der Waals surface area contributed by atoms with Crippen LogP contribution in [0.4, 0.5) is 0 Å². The third-order valence-electron chi connectivity index (χ3n) is 5.75. The van der Waals surface area contributed by atoms with Crippen LogP contribution in [0.3, 0.4) is 0 Å². The summed E-state index contributed by atoms with van der Waals surface area (Å²) in [6.45, 7) is 3.07. The number of aromatic nitrogens is 1. The van der Waals surface area contributed by atoms with Crippen LogP contribution in [-0.4, -0.2) is 64.9 Å². The molecule has 1 aromatic rings. The van der Waals surface area contributed by atoms with Crippen molar-refractivity contribution in [1.29, 1.82) is 0 Å². The summed E-state index contributed by atoms with van der Waals surface area (Å²) in [6, 6.07) is 1.50. The maximum atomic E-state index is 13.0. The van der Waals surface area contributed by atoms with Gasteiger partial charge in [-0.15, -0.1) is 0 Å². The summed E-state index contributed by atoms with van der Waals surface area (Å²) in [5, 5.41) is 2.86. The molecule has 2 fully saturated rings. The Morgan fingerprint density at radius 3 is 2.80 bits per heavy atom. The summed E-state index contributed by atoms with van der Waals surface area (Å²) in [7, 11) is 1.76. The SMILES string of the molecule is Cn1c2c(cc(C(=O)N3CCN4CCNC(=O)[C@@H]4C3)c1=O)CCCC2. The van der Waals surface area contributed by atoms with E-state index in [1.807, 2.05) is 0 Å². The molecule has 3 aliphatic rings. The molecule has 1 N–H and O–H groups in total. The van der Waals surface area contributed by atoms with E-state index in [-0.39, 0.29) is 29.0 Å². The summed E-state index contributed by atoms with van der Waals surface area (Å²) in [4.78, 5) is 41.6. The molecule has 2 saturated heterocycles. The van der Waals surface area contributed by atoms with Gasteiger partial charge < -0.3 is 14.8 Å². The van der Waals surface area contributed by atoms with Gasteiger partial charge in [-0.25, -0.2) is 0 Å². The van der Waals surface area contributed by atoms with Gasteiger partial charge in [0.15, 0.2) is 0 Å². The highest BCUT2D eigenvalue weighted by Crippen LogP contribution is 2.21. The predicted molar refractivity (Wildman–Crippen MR) is 92.6 cm³/mol. The lowest BCUT2D eigenvalue weighted by Crippen LogP contribution is -2.64. The first kappa shape index (κ1) is 16.3. The fourth-order valence-corrected chi connectivity index (χ4v) is 4.28. The number of fused-ring (bicyclic) bond motifs is 2. The van der Waals surface area contributed by atoms with Crippen LogP contribution < -0.4 is 10.9 Å². The van der Waals surface area contributed by atoms with Crippen molar-refractivity contribution < 1.29 is 9.59 Å². The van der Waals surface area contributed by atoms with Crippen molar-refractivity contribution in [3.05, 3.63) is 33.2 Å². The van der Waals surface area contributed by atoms with Gasteiger partial charge >= 0.3 is 0 Å². The van der Waals surface area contributed by atoms with Gasteiger partial charge in [0, 0.05) is 45.5 Å². The number of carbonyl (C=O) groups excluding carboxylic acids is 2. The normalized spacial score (nSPS) is 23.6. The molecule has 0 saturated carbocycles. The van der Waals surface area contributed by atoms with E-state index in [0.717, 1.165) is 43.5 Å². The molecule has 7 heteroatoms. The fraction of sp³-hybridized carbons (Fsp3) is 0.611. The highest BCUT2D eigenvalue weighted by Gasteiger charge is 2.37. The minimum atomic E-state index is -0.298. The summed E-state index contributed by atoms with van der Waals surface area (Å²) >= 11 is 0. The molecule has 2 aliphatic heterocycles. The standard InChI is InChI=1S/C18H24N4O3/c1-20-14-5-3-2-4-12(14)10-13(17(20)24)18(25)22-9-8-21-7-6-19-16(23)15(21)11-22/h10,15H,2-9,11H2,1H3,(H,19,23)/t15-/m0/s1. The Labute approximate surface area is 146 Å². The quantitative estimate of drug-likeness (QED) is 0.747. The van der Waals surface area contributed by atoms with E-state index < -0.39 is 0 Å². The average molecular weight is 344 g/mol. The monoisotopic (exact) mass is 344 g/mol. The topological polar surface area (TPSA) is 74.7 Å². The summed E-state index contributed by atoms with van der Waals surface area (Å²) in [6.07, 6.45) is 4.01. The Hall–Kier alpha value is -2.15. The third-order valence-corrected chi connectivity index (χ3v) is 5.75. The lowest BCUT2D eigenvalue weighted by molar-refractivity contribution is -0.131. The number of rotatable bonds is 1. The molecule has 0 bridgehead atoms. The molecule has 134 valence electrons. The highest BCUT2D eigenvalue weighted by atomic mass is 16.2. The first-order valence-corrected chi connectivity index (χ1v) is 9.09. The summed E-state index contributed by atoms with van der Waals surface area (Å²) < 4.78 is 1.64. The molecule has 1 aromatic heterocycles. The minimum absolute atomic E-state index is 0.0258. The molecule has 4 rings (SSSR count). The maximum Gasteiger partial charge on any atom is 0.263 e. The Balaban J connectivity index is 1.62. The van der Waals surface area contributed by atoms with Crippen molar-refractivity contribution in [1.82, 2.24) is 19.7 Å². The number of aryl methyl sites for hydroxylation is 1. The second kappa shape index (κ2) is 6.29. The second-order valence-electron chi connectivity index (χ2n) is 7.20. The summed E-state index contributed by atoms with van der Waals surface area (Å²) in [5.74, 6) is -0.269. The Bertz CT molecular complexity index is 785. The van der Waals surface area contributed by atoms with Gasteiger partial charge in [0.1, 0.15) is 11.6 Å². The zero-order valence-corrected chi connectivity index (χ0v) is 14.6. The van der Waals surface area contributed by atoms with Crippen molar-refractivity contribution >= 4 is 11.8 Å². The van der Waals surface area contributed by atoms with Crippen LogP contribution in [0.5, 0.6) is 0 Å². The number of nitrogens with zero attached hydrogens (tertiary/aromatic N) is 3. The highest BCUT2D eigenvalue weighted by molar-refractivity contribution is 5.95. The van der Waals surface area contributed by atoms with Gasteiger partial charge in [-0.1, -0.05) is 0 Å². The Morgan fingerprint density at radius 1 is 1.16 bits per heavy atom. The molecule has 3 heterocycles. The number of piperazine rings is 2. The van der Waals surface area contributed by atoms with Crippen molar-refractivity contribution in [2.24, 2.45) is 7.05 Å². The zero-order chi connectivity index (χ0) is 17.6. The lowest BCUT2D eigenvalue weighted by Gasteiger charge is -2.43. The first-order valence-electron chi connectivity index (χ1n) is 9.09. The van der Waals surface area contributed by atoms with Crippen molar-refractivity contribution in [3.8, 4) is 0 Å². The molecule has 1 atom stereocenters. The van der Waals surface area contributed by atoms with Crippen LogP contribution in [0.1, 0.15) is 34.5 Å². The maximum absolute atomic E-state index is 13.0. The van der Waals surface area contributed by atoms with Gasteiger partial charge in [-0.3, -0.25) is 19.3 Å². The van der Waals surface area contributed by atoms with E-state index in [4.69, 9.17) is 0 Å². The van der Waals surface area contributed by atoms with Gasteiger partial charge in [0.05, 0.1) is 0 Å². The van der Waals surface area contributed by atoms with Crippen LogP contribution >= 0.6 is 0 Å². The molecular formula is C18H24N4O3.